The number of para-hydroxylation sites is 2. The Bertz CT molecular complexity index is 943. The molecule has 2 aliphatic heterocycles. The number of benzene rings is 2. The number of amides is 1. The van der Waals surface area contributed by atoms with E-state index >= 15 is 0 Å². The molecular formula is C26H35N3O4. The van der Waals surface area contributed by atoms with Gasteiger partial charge in [-0.05, 0) is 36.8 Å². The highest BCUT2D eigenvalue weighted by molar-refractivity contribution is 5.76. The van der Waals surface area contributed by atoms with Gasteiger partial charge in [0.1, 0.15) is 23.4 Å². The average molecular weight is 454 g/mol. The Balaban J connectivity index is 1.32. The van der Waals surface area contributed by atoms with Crippen molar-refractivity contribution in [3.8, 4) is 17.2 Å². The number of carbonyl (C=O) groups is 1. The van der Waals surface area contributed by atoms with Gasteiger partial charge in [0, 0.05) is 57.8 Å². The second-order valence-electron chi connectivity index (χ2n) is 8.65. The second-order valence-corrected chi connectivity index (χ2v) is 8.65. The number of nitrogens with zero attached hydrogens (tertiary/aromatic N) is 3. The van der Waals surface area contributed by atoms with Crippen molar-refractivity contribution in [2.24, 2.45) is 0 Å². The number of carbonyl (C=O) groups excluding carboxylic acids is 1. The first-order valence-electron chi connectivity index (χ1n) is 11.8. The van der Waals surface area contributed by atoms with Crippen LogP contribution in [0.5, 0.6) is 17.2 Å². The summed E-state index contributed by atoms with van der Waals surface area (Å²) in [4.78, 5) is 19.6. The molecule has 0 N–H and O–H groups in total. The number of ether oxygens (including phenoxy) is 3. The molecule has 2 aromatic carbocycles. The van der Waals surface area contributed by atoms with E-state index in [1.807, 2.05) is 41.3 Å². The third kappa shape index (κ3) is 5.53. The highest BCUT2D eigenvalue weighted by Gasteiger charge is 2.26. The Morgan fingerprint density at radius 3 is 2.58 bits per heavy atom. The van der Waals surface area contributed by atoms with Crippen LogP contribution in [0.15, 0.2) is 42.5 Å². The van der Waals surface area contributed by atoms with Gasteiger partial charge in [0.05, 0.1) is 19.9 Å². The standard InChI is InChI=1S/C26H35N3O4/c1-4-21-19-27(18-20-17-22(31-2)9-10-24(20)33-21)12-11-26(30)29-15-13-28(14-16-29)23-7-5-6-8-25(23)32-3/h5-10,17,21H,4,11-16,18-19H2,1-3H3. The first kappa shape index (κ1) is 23.2. The molecule has 0 bridgehead atoms. The third-order valence-corrected chi connectivity index (χ3v) is 6.57. The fourth-order valence-corrected chi connectivity index (χ4v) is 4.61. The fraction of sp³-hybridized carbons (Fsp3) is 0.500. The van der Waals surface area contributed by atoms with Crippen LogP contribution >= 0.6 is 0 Å². The van der Waals surface area contributed by atoms with Gasteiger partial charge in [0.25, 0.3) is 0 Å². The van der Waals surface area contributed by atoms with E-state index in [0.717, 1.165) is 80.7 Å². The summed E-state index contributed by atoms with van der Waals surface area (Å²) in [5, 5.41) is 0. The predicted molar refractivity (Wildman–Crippen MR) is 129 cm³/mol. The lowest BCUT2D eigenvalue weighted by atomic mass is 10.1. The summed E-state index contributed by atoms with van der Waals surface area (Å²) in [5.41, 5.74) is 2.21. The van der Waals surface area contributed by atoms with Gasteiger partial charge in [0.15, 0.2) is 0 Å². The van der Waals surface area contributed by atoms with Crippen LogP contribution in [0.2, 0.25) is 0 Å². The molecule has 1 unspecified atom stereocenters. The van der Waals surface area contributed by atoms with E-state index in [4.69, 9.17) is 14.2 Å². The van der Waals surface area contributed by atoms with E-state index in [0.29, 0.717) is 6.42 Å². The lowest BCUT2D eigenvalue weighted by Gasteiger charge is -2.37. The van der Waals surface area contributed by atoms with Gasteiger partial charge in [0.2, 0.25) is 5.91 Å². The number of rotatable bonds is 7. The second kappa shape index (κ2) is 10.8. The summed E-state index contributed by atoms with van der Waals surface area (Å²) in [6.45, 7) is 7.55. The van der Waals surface area contributed by atoms with Crippen LogP contribution in [0.25, 0.3) is 0 Å². The highest BCUT2D eigenvalue weighted by atomic mass is 16.5. The zero-order valence-electron chi connectivity index (χ0n) is 20.0. The molecule has 1 saturated heterocycles. The maximum atomic E-state index is 13.0. The van der Waals surface area contributed by atoms with Crippen molar-refractivity contribution in [1.82, 2.24) is 9.80 Å². The quantitative estimate of drug-likeness (QED) is 0.640. The van der Waals surface area contributed by atoms with Crippen LogP contribution in [0.4, 0.5) is 5.69 Å². The molecule has 1 amide bonds. The maximum absolute atomic E-state index is 13.0. The van der Waals surface area contributed by atoms with E-state index in [9.17, 15) is 4.79 Å². The molecule has 0 radical (unpaired) electrons. The fourth-order valence-electron chi connectivity index (χ4n) is 4.61. The van der Waals surface area contributed by atoms with Gasteiger partial charge in [-0.15, -0.1) is 0 Å². The van der Waals surface area contributed by atoms with Crippen molar-refractivity contribution >= 4 is 11.6 Å². The Morgan fingerprint density at radius 2 is 1.85 bits per heavy atom. The van der Waals surface area contributed by atoms with Crippen molar-refractivity contribution in [2.75, 3.05) is 58.4 Å². The molecular weight excluding hydrogens is 418 g/mol. The molecule has 178 valence electrons. The summed E-state index contributed by atoms with van der Waals surface area (Å²) >= 11 is 0. The average Bonchev–Trinajstić information content (AvgIpc) is 3.05. The third-order valence-electron chi connectivity index (χ3n) is 6.57. The van der Waals surface area contributed by atoms with Gasteiger partial charge >= 0.3 is 0 Å². The van der Waals surface area contributed by atoms with Gasteiger partial charge in [-0.25, -0.2) is 0 Å². The number of anilines is 1. The monoisotopic (exact) mass is 453 g/mol. The number of methoxy groups -OCH3 is 2. The SMILES string of the molecule is CCC1CN(CCC(=O)N2CCN(c3ccccc3OC)CC2)Cc2cc(OC)ccc2O1. The molecule has 2 aromatic rings. The molecule has 1 atom stereocenters. The Morgan fingerprint density at radius 1 is 1.06 bits per heavy atom. The first-order chi connectivity index (χ1) is 16.1. The molecule has 0 saturated carbocycles. The minimum absolute atomic E-state index is 0.124. The summed E-state index contributed by atoms with van der Waals surface area (Å²) in [6.07, 6.45) is 1.57. The summed E-state index contributed by atoms with van der Waals surface area (Å²) in [5.74, 6) is 2.85. The smallest absolute Gasteiger partial charge is 0.223 e. The first-order valence-corrected chi connectivity index (χ1v) is 11.8. The van der Waals surface area contributed by atoms with Crippen molar-refractivity contribution < 1.29 is 19.0 Å². The van der Waals surface area contributed by atoms with Gasteiger partial charge < -0.3 is 24.0 Å². The maximum Gasteiger partial charge on any atom is 0.223 e. The zero-order chi connectivity index (χ0) is 23.2. The van der Waals surface area contributed by atoms with Crippen LogP contribution in [-0.2, 0) is 11.3 Å². The normalized spacial score (nSPS) is 18.8. The zero-order valence-corrected chi connectivity index (χ0v) is 20.0. The Labute approximate surface area is 196 Å². The molecule has 1 fully saturated rings. The van der Waals surface area contributed by atoms with Crippen LogP contribution in [0, 0.1) is 0 Å². The van der Waals surface area contributed by atoms with Gasteiger partial charge in [-0.3, -0.25) is 9.69 Å². The molecule has 2 aliphatic rings. The minimum atomic E-state index is 0.124. The molecule has 7 nitrogen and oxygen atoms in total. The summed E-state index contributed by atoms with van der Waals surface area (Å²) in [6, 6.07) is 14.0. The summed E-state index contributed by atoms with van der Waals surface area (Å²) in [7, 11) is 3.38. The lowest BCUT2D eigenvalue weighted by Crippen LogP contribution is -2.49. The molecule has 0 spiro atoms. The Kier molecular flexibility index (Phi) is 7.60. The van der Waals surface area contributed by atoms with Crippen LogP contribution in [0.3, 0.4) is 0 Å². The lowest BCUT2D eigenvalue weighted by molar-refractivity contribution is -0.131. The van der Waals surface area contributed by atoms with E-state index in [1.165, 1.54) is 0 Å². The van der Waals surface area contributed by atoms with E-state index in [2.05, 4.69) is 22.8 Å². The van der Waals surface area contributed by atoms with E-state index in [-0.39, 0.29) is 12.0 Å². The molecule has 2 heterocycles. The number of hydrogen-bond donors (Lipinski definition) is 0. The van der Waals surface area contributed by atoms with Crippen molar-refractivity contribution in [2.45, 2.75) is 32.4 Å². The highest BCUT2D eigenvalue weighted by Crippen LogP contribution is 2.30. The minimum Gasteiger partial charge on any atom is -0.497 e. The van der Waals surface area contributed by atoms with E-state index in [1.54, 1.807) is 14.2 Å². The van der Waals surface area contributed by atoms with Crippen LogP contribution in [0.1, 0.15) is 25.3 Å². The molecule has 0 aliphatic carbocycles. The molecule has 7 heteroatoms. The Hall–Kier alpha value is -2.93. The predicted octanol–water partition coefficient (Wildman–Crippen LogP) is 3.42. The van der Waals surface area contributed by atoms with Crippen LogP contribution < -0.4 is 19.1 Å². The van der Waals surface area contributed by atoms with Crippen molar-refractivity contribution in [1.29, 1.82) is 0 Å². The number of fused-ring (bicyclic) bond motifs is 1. The largest absolute Gasteiger partial charge is 0.497 e. The van der Waals surface area contributed by atoms with Crippen molar-refractivity contribution in [3.05, 3.63) is 48.0 Å². The number of piperazine rings is 1. The van der Waals surface area contributed by atoms with Crippen LogP contribution in [-0.4, -0.2) is 75.3 Å². The molecule has 4 rings (SSSR count). The molecule has 33 heavy (non-hydrogen) atoms. The summed E-state index contributed by atoms with van der Waals surface area (Å²) < 4.78 is 17.1. The molecule has 0 aromatic heterocycles. The van der Waals surface area contributed by atoms with E-state index < -0.39 is 0 Å². The number of hydrogen-bond acceptors (Lipinski definition) is 6. The van der Waals surface area contributed by atoms with Crippen molar-refractivity contribution in [3.63, 3.8) is 0 Å². The van der Waals surface area contributed by atoms with Gasteiger partial charge in [-0.1, -0.05) is 19.1 Å². The van der Waals surface area contributed by atoms with Gasteiger partial charge in [-0.2, -0.15) is 0 Å². The topological polar surface area (TPSA) is 54.5 Å².